The Labute approximate surface area is 161 Å². The van der Waals surface area contributed by atoms with Gasteiger partial charge in [0.1, 0.15) is 0 Å². The Kier molecular flexibility index (Phi) is 8.85. The number of alkyl halides is 16. The predicted octanol–water partition coefficient (Wildman–Crippen LogP) is 4.38. The van der Waals surface area contributed by atoms with Gasteiger partial charge in [-0.15, -0.1) is 0 Å². The third kappa shape index (κ3) is 4.91. The van der Waals surface area contributed by atoms with Crippen LogP contribution >= 0.6 is 0 Å². The van der Waals surface area contributed by atoms with Gasteiger partial charge in [-0.3, -0.25) is 4.55 Å². The summed E-state index contributed by atoms with van der Waals surface area (Å²) in [6, 6.07) is 0. The molecular weight excluding hydrogens is 518 g/mol. The largest absolute Gasteiger partial charge is 0.438 e. The van der Waals surface area contributed by atoms with Crippen LogP contribution in [-0.4, -0.2) is 74.3 Å². The summed E-state index contributed by atoms with van der Waals surface area (Å²) >= 11 is 0. The van der Waals surface area contributed by atoms with E-state index in [4.69, 9.17) is 4.55 Å². The fraction of sp³-hybridized carbons (Fsp3) is 1.00. The molecule has 0 radical (unpaired) electrons. The van der Waals surface area contributed by atoms with E-state index in [0.717, 1.165) is 0 Å². The van der Waals surface area contributed by atoms with Crippen LogP contribution in [0.1, 0.15) is 0 Å². The molecule has 0 spiro atoms. The van der Waals surface area contributed by atoms with E-state index in [1.807, 2.05) is 14.1 Å². The van der Waals surface area contributed by atoms with Crippen molar-refractivity contribution in [2.45, 2.75) is 47.2 Å². The molecule has 0 saturated heterocycles. The molecule has 0 aromatic carbocycles. The van der Waals surface area contributed by atoms with Crippen LogP contribution < -0.4 is 5.32 Å². The second kappa shape index (κ2) is 8.60. The Morgan fingerprint density at radius 3 is 1.13 bits per heavy atom. The first-order chi connectivity index (χ1) is 13.1. The minimum Gasteiger partial charge on any atom is -0.323 e. The number of hydrogen-bond donors (Lipinski definition) is 2. The summed E-state index contributed by atoms with van der Waals surface area (Å²) in [6.07, 6.45) is -13.5. The molecule has 0 bridgehead atoms. The highest BCUT2D eigenvalue weighted by molar-refractivity contribution is 7.87. The lowest BCUT2D eigenvalue weighted by Crippen LogP contribution is -2.73. The van der Waals surface area contributed by atoms with Crippen molar-refractivity contribution in [2.24, 2.45) is 0 Å². The number of nitrogens with one attached hydrogen (secondary N) is 1. The highest BCUT2D eigenvalue weighted by atomic mass is 32.2. The number of hydrogen-bond acceptors (Lipinski definition) is 3. The maximum atomic E-state index is 13.0. The Hall–Kier alpha value is -1.25. The van der Waals surface area contributed by atoms with Gasteiger partial charge in [0.25, 0.3) is 6.17 Å². The smallest absolute Gasteiger partial charge is 0.323 e. The van der Waals surface area contributed by atoms with Gasteiger partial charge < -0.3 is 5.32 Å². The Balaban J connectivity index is 0. The van der Waals surface area contributed by atoms with Crippen molar-refractivity contribution in [1.82, 2.24) is 5.32 Å². The first-order valence-electron chi connectivity index (χ1n) is 6.60. The van der Waals surface area contributed by atoms with Gasteiger partial charge in [0, 0.05) is 0 Å². The molecule has 0 saturated carbocycles. The topological polar surface area (TPSA) is 66.4 Å². The Morgan fingerprint density at radius 1 is 0.645 bits per heavy atom. The summed E-state index contributed by atoms with van der Waals surface area (Å²) in [7, 11) is -4.06. The molecular formula is C10H9F16NO3S. The van der Waals surface area contributed by atoms with Crippen LogP contribution in [0.4, 0.5) is 70.2 Å². The van der Waals surface area contributed by atoms with E-state index < -0.39 is 57.3 Å². The molecule has 0 aromatic heterocycles. The molecule has 2 N–H and O–H groups in total. The van der Waals surface area contributed by atoms with Crippen LogP contribution in [0.5, 0.6) is 0 Å². The molecule has 1 atom stereocenters. The molecule has 0 aliphatic rings. The first kappa shape index (κ1) is 31.9. The maximum absolute atomic E-state index is 13.0. The van der Waals surface area contributed by atoms with Gasteiger partial charge >= 0.3 is 51.2 Å². The van der Waals surface area contributed by atoms with Crippen molar-refractivity contribution in [3.63, 3.8) is 0 Å². The zero-order valence-corrected chi connectivity index (χ0v) is 15.1. The third-order valence-electron chi connectivity index (χ3n) is 2.90. The summed E-state index contributed by atoms with van der Waals surface area (Å²) in [5.74, 6) is -41.9. The van der Waals surface area contributed by atoms with Gasteiger partial charge in [-0.1, -0.05) is 0 Å². The van der Waals surface area contributed by atoms with E-state index in [0.29, 0.717) is 0 Å². The molecule has 0 fully saturated rings. The lowest BCUT2D eigenvalue weighted by atomic mass is 9.92. The van der Waals surface area contributed by atoms with Crippen LogP contribution in [0.15, 0.2) is 0 Å². The minimum atomic E-state index is -8.63. The molecule has 0 amide bonds. The predicted molar refractivity (Wildman–Crippen MR) is 67.2 cm³/mol. The van der Waals surface area contributed by atoms with Gasteiger partial charge in [-0.25, -0.2) is 4.39 Å². The van der Waals surface area contributed by atoms with Gasteiger partial charge in [0.15, 0.2) is 0 Å². The van der Waals surface area contributed by atoms with Crippen LogP contribution in [-0.2, 0) is 10.1 Å². The summed E-state index contributed by atoms with van der Waals surface area (Å²) in [5, 5.41) is -4.99. The summed E-state index contributed by atoms with van der Waals surface area (Å²) in [5.41, 5.74) is 0. The average Bonchev–Trinajstić information content (AvgIpc) is 2.51. The van der Waals surface area contributed by atoms with Crippen LogP contribution in [0.25, 0.3) is 0 Å². The Bertz CT molecular complexity index is 716. The second-order valence-corrected chi connectivity index (χ2v) is 6.78. The van der Waals surface area contributed by atoms with Crippen LogP contribution in [0.3, 0.4) is 0 Å². The van der Waals surface area contributed by atoms with Gasteiger partial charge in [-0.2, -0.15) is 74.3 Å². The SMILES string of the molecule is CNC.O=S(=O)(O)C(F)(F)C(F)(F)C(F)(F)C(F)(F)C(F)(F)C(F)(F)C(F)C(F)(F)F. The summed E-state index contributed by atoms with van der Waals surface area (Å²) in [4.78, 5) is 0. The summed E-state index contributed by atoms with van der Waals surface area (Å²) < 4.78 is 230. The van der Waals surface area contributed by atoms with Crippen molar-refractivity contribution < 1.29 is 83.2 Å². The molecule has 1 unspecified atom stereocenters. The van der Waals surface area contributed by atoms with Crippen molar-refractivity contribution in [2.75, 3.05) is 14.1 Å². The van der Waals surface area contributed by atoms with E-state index in [1.165, 1.54) is 0 Å². The normalized spacial score (nSPS) is 16.5. The minimum absolute atomic E-state index is 1.88. The van der Waals surface area contributed by atoms with E-state index in [2.05, 4.69) is 5.32 Å². The van der Waals surface area contributed by atoms with Gasteiger partial charge in [0.2, 0.25) is 0 Å². The van der Waals surface area contributed by atoms with E-state index in [1.54, 1.807) is 0 Å². The fourth-order valence-electron chi connectivity index (χ4n) is 1.31. The zero-order valence-electron chi connectivity index (χ0n) is 14.3. The molecule has 0 aliphatic carbocycles. The lowest BCUT2D eigenvalue weighted by molar-refractivity contribution is -0.429. The molecule has 0 aliphatic heterocycles. The first-order valence-corrected chi connectivity index (χ1v) is 8.04. The molecule has 31 heavy (non-hydrogen) atoms. The van der Waals surface area contributed by atoms with Crippen molar-refractivity contribution in [1.29, 1.82) is 0 Å². The van der Waals surface area contributed by atoms with Crippen molar-refractivity contribution in [3.05, 3.63) is 0 Å². The van der Waals surface area contributed by atoms with Crippen LogP contribution in [0, 0.1) is 0 Å². The maximum Gasteiger partial charge on any atom is 0.438 e. The molecule has 190 valence electrons. The van der Waals surface area contributed by atoms with Crippen molar-refractivity contribution >= 4 is 10.1 Å². The molecule has 0 aromatic rings. The summed E-state index contributed by atoms with van der Waals surface area (Å²) in [6.45, 7) is 0. The molecule has 0 heterocycles. The third-order valence-corrected chi connectivity index (χ3v) is 3.80. The molecule has 21 heteroatoms. The number of halogens is 16. The second-order valence-electron chi connectivity index (χ2n) is 5.32. The zero-order chi connectivity index (χ0) is 26.3. The quantitative estimate of drug-likeness (QED) is 0.381. The molecule has 4 nitrogen and oxygen atoms in total. The van der Waals surface area contributed by atoms with E-state index >= 15 is 0 Å². The monoisotopic (exact) mass is 527 g/mol. The van der Waals surface area contributed by atoms with Gasteiger partial charge in [0.05, 0.1) is 0 Å². The van der Waals surface area contributed by atoms with E-state index in [-0.39, 0.29) is 0 Å². The average molecular weight is 527 g/mol. The lowest BCUT2D eigenvalue weighted by Gasteiger charge is -2.41. The fourth-order valence-corrected chi connectivity index (χ4v) is 1.77. The standard InChI is InChI=1S/C8H2F16O3S.C2H7N/c9-1(3(12,13)14)2(10,11)4(15,16)5(17,18)6(19,20)7(21,22)8(23,24)28(25,26)27;1-3-2/h1H,(H,25,26,27);3H,1-2H3. The van der Waals surface area contributed by atoms with Crippen LogP contribution in [0.2, 0.25) is 0 Å². The van der Waals surface area contributed by atoms with Crippen molar-refractivity contribution in [3.8, 4) is 0 Å². The highest BCUT2D eigenvalue weighted by Gasteiger charge is 2.93. The Morgan fingerprint density at radius 2 is 0.903 bits per heavy atom. The molecule has 0 rings (SSSR count). The highest BCUT2D eigenvalue weighted by Crippen LogP contribution is 2.62. The van der Waals surface area contributed by atoms with Gasteiger partial charge in [-0.05, 0) is 14.1 Å². The number of rotatable bonds is 7. The van der Waals surface area contributed by atoms with E-state index in [9.17, 15) is 78.7 Å².